The molecule has 1 aromatic carbocycles. The molecule has 0 atom stereocenters. The molecule has 3 aromatic rings. The molecule has 3 rings (SSSR count). The molecule has 0 aliphatic rings. The summed E-state index contributed by atoms with van der Waals surface area (Å²) in [7, 11) is 0. The lowest BCUT2D eigenvalue weighted by molar-refractivity contribution is 0.425. The van der Waals surface area contributed by atoms with Crippen LogP contribution in [-0.2, 0) is 5.75 Å². The van der Waals surface area contributed by atoms with E-state index in [0.29, 0.717) is 23.3 Å². The van der Waals surface area contributed by atoms with Crippen molar-refractivity contribution >= 4 is 33.5 Å². The highest BCUT2D eigenvalue weighted by atomic mass is 79.9. The number of pyridine rings is 1. The van der Waals surface area contributed by atoms with Gasteiger partial charge in [-0.15, -0.1) is 11.8 Å². The van der Waals surface area contributed by atoms with Crippen LogP contribution in [0, 0.1) is 0 Å². The zero-order chi connectivity index (χ0) is 14.7. The molecular formula is C14H11BrN4OS. The molecule has 0 bridgehead atoms. The van der Waals surface area contributed by atoms with Crippen molar-refractivity contribution in [3.8, 4) is 11.5 Å². The van der Waals surface area contributed by atoms with Crippen LogP contribution in [-0.4, -0.2) is 15.1 Å². The molecule has 21 heavy (non-hydrogen) atoms. The Morgan fingerprint density at radius 2 is 2.05 bits per heavy atom. The molecule has 7 heteroatoms. The van der Waals surface area contributed by atoms with E-state index in [9.17, 15) is 0 Å². The number of hydrogen-bond donors (Lipinski definition) is 1. The second-order valence-electron chi connectivity index (χ2n) is 4.21. The van der Waals surface area contributed by atoms with Crippen LogP contribution in [0.25, 0.3) is 11.5 Å². The Balaban J connectivity index is 1.71. The van der Waals surface area contributed by atoms with Gasteiger partial charge in [-0.05, 0) is 40.2 Å². The summed E-state index contributed by atoms with van der Waals surface area (Å²) >= 11 is 5.16. The van der Waals surface area contributed by atoms with E-state index >= 15 is 0 Å². The number of benzene rings is 1. The quantitative estimate of drug-likeness (QED) is 0.711. The maximum Gasteiger partial charge on any atom is 0.259 e. The highest BCUT2D eigenvalue weighted by Gasteiger charge is 2.10. The monoisotopic (exact) mass is 362 g/mol. The molecule has 0 radical (unpaired) electrons. The van der Waals surface area contributed by atoms with Crippen molar-refractivity contribution in [3.05, 3.63) is 52.9 Å². The van der Waals surface area contributed by atoms with Crippen LogP contribution in [0.2, 0.25) is 0 Å². The first kappa shape index (κ1) is 14.1. The van der Waals surface area contributed by atoms with E-state index in [0.717, 1.165) is 14.9 Å². The average molecular weight is 363 g/mol. The lowest BCUT2D eigenvalue weighted by Crippen LogP contribution is -1.89. The Hall–Kier alpha value is -1.86. The summed E-state index contributed by atoms with van der Waals surface area (Å²) in [4.78, 5) is 9.51. The first-order valence-corrected chi connectivity index (χ1v) is 7.92. The van der Waals surface area contributed by atoms with E-state index in [1.54, 1.807) is 30.1 Å². The van der Waals surface area contributed by atoms with Gasteiger partial charge in [-0.1, -0.05) is 17.3 Å². The molecule has 2 aromatic heterocycles. The van der Waals surface area contributed by atoms with Crippen LogP contribution >= 0.6 is 27.7 Å². The van der Waals surface area contributed by atoms with Gasteiger partial charge in [0.15, 0.2) is 5.82 Å². The number of aromatic nitrogens is 3. The van der Waals surface area contributed by atoms with Crippen LogP contribution in [0.4, 0.5) is 5.82 Å². The molecule has 0 amide bonds. The number of nitrogen functional groups attached to an aromatic ring is 1. The van der Waals surface area contributed by atoms with Gasteiger partial charge in [0, 0.05) is 15.6 Å². The van der Waals surface area contributed by atoms with Crippen molar-refractivity contribution in [2.45, 2.75) is 10.6 Å². The maximum atomic E-state index is 5.55. The molecule has 0 unspecified atom stereocenters. The Morgan fingerprint density at radius 3 is 2.81 bits per heavy atom. The fraction of sp³-hybridized carbons (Fsp3) is 0.0714. The van der Waals surface area contributed by atoms with Crippen molar-refractivity contribution in [2.24, 2.45) is 0 Å². The normalized spacial score (nSPS) is 10.7. The minimum atomic E-state index is 0.449. The summed E-state index contributed by atoms with van der Waals surface area (Å²) in [6.45, 7) is 0. The highest BCUT2D eigenvalue weighted by Crippen LogP contribution is 2.29. The van der Waals surface area contributed by atoms with Crippen molar-refractivity contribution in [2.75, 3.05) is 5.73 Å². The van der Waals surface area contributed by atoms with Gasteiger partial charge in [0.2, 0.25) is 0 Å². The van der Waals surface area contributed by atoms with Crippen molar-refractivity contribution in [1.29, 1.82) is 0 Å². The van der Waals surface area contributed by atoms with Gasteiger partial charge in [0.25, 0.3) is 5.89 Å². The van der Waals surface area contributed by atoms with Crippen LogP contribution in [0.15, 0.2) is 56.5 Å². The minimum Gasteiger partial charge on any atom is -0.384 e. The zero-order valence-electron chi connectivity index (χ0n) is 10.9. The zero-order valence-corrected chi connectivity index (χ0v) is 13.3. The first-order valence-electron chi connectivity index (χ1n) is 6.14. The predicted molar refractivity (Wildman–Crippen MR) is 85.6 cm³/mol. The minimum absolute atomic E-state index is 0.449. The number of rotatable bonds is 4. The Bertz CT molecular complexity index is 745. The Labute approximate surface area is 134 Å². The fourth-order valence-corrected chi connectivity index (χ4v) is 3.08. The van der Waals surface area contributed by atoms with E-state index in [2.05, 4.69) is 31.1 Å². The second-order valence-corrected chi connectivity index (χ2v) is 6.08. The number of thioether (sulfide) groups is 1. The Morgan fingerprint density at radius 1 is 1.19 bits per heavy atom. The average Bonchev–Trinajstić information content (AvgIpc) is 2.96. The van der Waals surface area contributed by atoms with Crippen LogP contribution in [0.3, 0.4) is 0 Å². The van der Waals surface area contributed by atoms with E-state index < -0.39 is 0 Å². The number of anilines is 1. The third kappa shape index (κ3) is 3.43. The van der Waals surface area contributed by atoms with Gasteiger partial charge in [-0.2, -0.15) is 4.98 Å². The Kier molecular flexibility index (Phi) is 4.21. The predicted octanol–water partition coefficient (Wildman–Crippen LogP) is 3.77. The number of nitrogens with zero attached hydrogens (tertiary/aromatic N) is 3. The third-order valence-corrected chi connectivity index (χ3v) is 4.72. The van der Waals surface area contributed by atoms with Crippen LogP contribution in [0.1, 0.15) is 5.82 Å². The second kappa shape index (κ2) is 6.28. The van der Waals surface area contributed by atoms with Gasteiger partial charge >= 0.3 is 0 Å². The lowest BCUT2D eigenvalue weighted by Gasteiger charge is -2.00. The van der Waals surface area contributed by atoms with Crippen LogP contribution < -0.4 is 5.73 Å². The van der Waals surface area contributed by atoms with Crippen molar-refractivity contribution in [1.82, 2.24) is 15.1 Å². The molecule has 106 valence electrons. The summed E-state index contributed by atoms with van der Waals surface area (Å²) < 4.78 is 6.30. The summed E-state index contributed by atoms with van der Waals surface area (Å²) in [6, 6.07) is 11.5. The molecule has 0 saturated heterocycles. The molecule has 0 fully saturated rings. The molecular weight excluding hydrogens is 352 g/mol. The van der Waals surface area contributed by atoms with Gasteiger partial charge in [0.1, 0.15) is 5.82 Å². The van der Waals surface area contributed by atoms with Gasteiger partial charge in [-0.25, -0.2) is 4.98 Å². The maximum absolute atomic E-state index is 5.55. The lowest BCUT2D eigenvalue weighted by atomic mass is 10.3. The smallest absolute Gasteiger partial charge is 0.259 e. The number of hydrogen-bond acceptors (Lipinski definition) is 6. The van der Waals surface area contributed by atoms with E-state index in [1.807, 2.05) is 24.3 Å². The largest absolute Gasteiger partial charge is 0.384 e. The van der Waals surface area contributed by atoms with E-state index in [1.165, 1.54) is 0 Å². The molecule has 2 heterocycles. The standard InChI is InChI=1S/C14H11BrN4OS/c15-10-3-1-2-4-11(10)21-8-13-18-14(20-19-13)9-5-6-12(16)17-7-9/h1-7H,8H2,(H2,16,17). The van der Waals surface area contributed by atoms with Gasteiger partial charge < -0.3 is 10.3 Å². The molecule has 0 saturated carbocycles. The number of nitrogens with two attached hydrogens (primary N) is 1. The number of halogens is 1. The summed E-state index contributed by atoms with van der Waals surface area (Å²) in [5.41, 5.74) is 6.31. The fourth-order valence-electron chi connectivity index (χ4n) is 1.67. The first-order chi connectivity index (χ1) is 10.2. The topological polar surface area (TPSA) is 77.8 Å². The van der Waals surface area contributed by atoms with Gasteiger partial charge in [0.05, 0.1) is 11.3 Å². The summed E-state index contributed by atoms with van der Waals surface area (Å²) in [5.74, 6) is 2.19. The van der Waals surface area contributed by atoms with Crippen molar-refractivity contribution < 1.29 is 4.52 Å². The molecule has 2 N–H and O–H groups in total. The molecule has 5 nitrogen and oxygen atoms in total. The molecule has 0 spiro atoms. The van der Waals surface area contributed by atoms with Crippen molar-refractivity contribution in [3.63, 3.8) is 0 Å². The summed E-state index contributed by atoms with van der Waals surface area (Å²) in [6.07, 6.45) is 1.62. The third-order valence-electron chi connectivity index (χ3n) is 2.69. The molecule has 0 aliphatic carbocycles. The van der Waals surface area contributed by atoms with E-state index in [4.69, 9.17) is 10.3 Å². The van der Waals surface area contributed by atoms with E-state index in [-0.39, 0.29) is 0 Å². The van der Waals surface area contributed by atoms with Crippen LogP contribution in [0.5, 0.6) is 0 Å². The summed E-state index contributed by atoms with van der Waals surface area (Å²) in [5, 5.41) is 3.98. The highest BCUT2D eigenvalue weighted by molar-refractivity contribution is 9.10. The van der Waals surface area contributed by atoms with Gasteiger partial charge in [-0.3, -0.25) is 0 Å². The molecule has 0 aliphatic heterocycles. The SMILES string of the molecule is Nc1ccc(-c2nc(CSc3ccccc3Br)no2)cn1.